The number of hydrogen-bond donors (Lipinski definition) is 2. The molecule has 0 aliphatic rings. The van der Waals surface area contributed by atoms with Gasteiger partial charge in [0.1, 0.15) is 5.75 Å². The van der Waals surface area contributed by atoms with E-state index in [0.29, 0.717) is 11.1 Å². The summed E-state index contributed by atoms with van der Waals surface area (Å²) in [6.07, 6.45) is 0. The lowest BCUT2D eigenvalue weighted by molar-refractivity contribution is 0.476. The van der Waals surface area contributed by atoms with E-state index in [9.17, 15) is 9.90 Å². The summed E-state index contributed by atoms with van der Waals surface area (Å²) in [5.74, 6) is -0.478. The number of aromatic nitrogens is 1. The van der Waals surface area contributed by atoms with E-state index in [1.807, 2.05) is 0 Å². The summed E-state index contributed by atoms with van der Waals surface area (Å²) in [5, 5.41) is 9.21. The average Bonchev–Trinajstić information content (AvgIpc) is 2.32. The van der Waals surface area contributed by atoms with Crippen LogP contribution < -0.4 is 11.5 Å². The zero-order chi connectivity index (χ0) is 9.59. The third kappa shape index (κ3) is 0.970. The van der Waals surface area contributed by atoms with Gasteiger partial charge in [0.15, 0.2) is 5.58 Å². The fourth-order valence-corrected chi connectivity index (χ4v) is 1.23. The molecule has 0 spiro atoms. The second-order valence-corrected chi connectivity index (χ2v) is 2.81. The summed E-state index contributed by atoms with van der Waals surface area (Å²) in [6, 6.07) is 2.77. The van der Waals surface area contributed by atoms with Gasteiger partial charge in [-0.15, -0.1) is 0 Å². The number of hydrogen-bond acceptors (Lipinski definition) is 4. The number of oxazole rings is 1. The van der Waals surface area contributed by atoms with Crippen LogP contribution in [0.15, 0.2) is 21.3 Å². The molecule has 2 aromatic rings. The number of rotatable bonds is 0. The molecule has 0 saturated carbocycles. The molecule has 0 bridgehead atoms. The fraction of sp³-hybridized carbons (Fsp3) is 0.125. The summed E-state index contributed by atoms with van der Waals surface area (Å²) < 4.78 is 6.14. The Morgan fingerprint density at radius 1 is 1.54 bits per heavy atom. The summed E-state index contributed by atoms with van der Waals surface area (Å²) in [6.45, 7) is 0. The van der Waals surface area contributed by atoms with Crippen molar-refractivity contribution in [3.63, 3.8) is 0 Å². The van der Waals surface area contributed by atoms with Crippen molar-refractivity contribution in [1.82, 2.24) is 4.57 Å². The second-order valence-electron chi connectivity index (χ2n) is 2.81. The van der Waals surface area contributed by atoms with Gasteiger partial charge in [0.25, 0.3) is 0 Å². The van der Waals surface area contributed by atoms with Crippen molar-refractivity contribution in [3.8, 4) is 5.75 Å². The van der Waals surface area contributed by atoms with Gasteiger partial charge < -0.3 is 15.3 Å². The first-order valence-corrected chi connectivity index (χ1v) is 3.67. The van der Waals surface area contributed by atoms with Crippen molar-refractivity contribution < 1.29 is 9.52 Å². The van der Waals surface area contributed by atoms with Crippen LogP contribution >= 0.6 is 0 Å². The van der Waals surface area contributed by atoms with E-state index < -0.39 is 5.76 Å². The number of phenolic OH excluding ortho intramolecular Hbond substituents is 1. The number of aromatic hydroxyl groups is 1. The second kappa shape index (κ2) is 2.29. The molecule has 1 aromatic carbocycles. The Balaban J connectivity index is 3.03. The molecule has 68 valence electrons. The third-order valence-electron chi connectivity index (χ3n) is 1.91. The molecule has 1 heterocycles. The first kappa shape index (κ1) is 7.72. The van der Waals surface area contributed by atoms with E-state index in [0.717, 1.165) is 0 Å². The van der Waals surface area contributed by atoms with Crippen LogP contribution in [0.5, 0.6) is 5.75 Å². The lowest BCUT2D eigenvalue weighted by Crippen LogP contribution is -2.08. The maximum absolute atomic E-state index is 11.1. The number of nitrogens with two attached hydrogens (primary N) is 1. The van der Waals surface area contributed by atoms with Gasteiger partial charge in [0.05, 0.1) is 11.2 Å². The lowest BCUT2D eigenvalue weighted by atomic mass is 10.2. The van der Waals surface area contributed by atoms with Gasteiger partial charge in [-0.3, -0.25) is 4.57 Å². The van der Waals surface area contributed by atoms with Crippen molar-refractivity contribution in [2.24, 2.45) is 7.05 Å². The molecule has 0 radical (unpaired) electrons. The molecule has 3 N–H and O–H groups in total. The van der Waals surface area contributed by atoms with Crippen molar-refractivity contribution in [2.75, 3.05) is 5.73 Å². The SMILES string of the molecule is Cn1c(=O)oc2c(N)cc(O)cc21. The third-order valence-corrected chi connectivity index (χ3v) is 1.91. The van der Waals surface area contributed by atoms with Crippen LogP contribution in [0.1, 0.15) is 0 Å². The van der Waals surface area contributed by atoms with Gasteiger partial charge >= 0.3 is 5.76 Å². The molecule has 1 aromatic heterocycles. The minimum Gasteiger partial charge on any atom is -0.508 e. The van der Waals surface area contributed by atoms with Crippen LogP contribution in [0.25, 0.3) is 11.1 Å². The molecule has 0 fully saturated rings. The molecular formula is C8H8N2O3. The zero-order valence-corrected chi connectivity index (χ0v) is 6.94. The molecule has 5 heteroatoms. The van der Waals surface area contributed by atoms with Crippen molar-refractivity contribution >= 4 is 16.8 Å². The molecule has 0 atom stereocenters. The summed E-state index contributed by atoms with van der Waals surface area (Å²) in [4.78, 5) is 11.1. The Bertz CT molecular complexity index is 524. The van der Waals surface area contributed by atoms with E-state index in [1.165, 1.54) is 16.7 Å². The first-order valence-electron chi connectivity index (χ1n) is 3.67. The van der Waals surface area contributed by atoms with E-state index in [1.54, 1.807) is 7.05 Å². The maximum atomic E-state index is 11.1. The average molecular weight is 180 g/mol. The molecule has 0 aliphatic carbocycles. The van der Waals surface area contributed by atoms with Crippen LogP contribution in [-0.4, -0.2) is 9.67 Å². The van der Waals surface area contributed by atoms with E-state index >= 15 is 0 Å². The van der Waals surface area contributed by atoms with Crippen LogP contribution in [0, 0.1) is 0 Å². The molecule has 13 heavy (non-hydrogen) atoms. The van der Waals surface area contributed by atoms with Gasteiger partial charge in [0, 0.05) is 19.2 Å². The molecule has 0 aliphatic heterocycles. The highest BCUT2D eigenvalue weighted by Gasteiger charge is 2.09. The number of aryl methyl sites for hydroxylation is 1. The minimum absolute atomic E-state index is 0.0152. The highest BCUT2D eigenvalue weighted by atomic mass is 16.4. The fourth-order valence-electron chi connectivity index (χ4n) is 1.23. The Morgan fingerprint density at radius 2 is 2.23 bits per heavy atom. The van der Waals surface area contributed by atoms with Crippen LogP contribution in [0.2, 0.25) is 0 Å². The Labute approximate surface area is 73.0 Å². The summed E-state index contributed by atoms with van der Waals surface area (Å²) in [5.41, 5.74) is 6.59. The number of fused-ring (bicyclic) bond motifs is 1. The number of nitrogen functional groups attached to an aromatic ring is 1. The Kier molecular flexibility index (Phi) is 1.36. The largest absolute Gasteiger partial charge is 0.508 e. The van der Waals surface area contributed by atoms with Crippen LogP contribution in [0.3, 0.4) is 0 Å². The van der Waals surface area contributed by atoms with Gasteiger partial charge in [-0.2, -0.15) is 0 Å². The Morgan fingerprint density at radius 3 is 2.92 bits per heavy atom. The topological polar surface area (TPSA) is 81.4 Å². The number of nitrogens with zero attached hydrogens (tertiary/aromatic N) is 1. The first-order chi connectivity index (χ1) is 6.09. The maximum Gasteiger partial charge on any atom is 0.419 e. The predicted molar refractivity (Wildman–Crippen MR) is 47.5 cm³/mol. The van der Waals surface area contributed by atoms with Gasteiger partial charge in [-0.1, -0.05) is 0 Å². The van der Waals surface area contributed by atoms with Gasteiger partial charge in [0.2, 0.25) is 0 Å². The highest BCUT2D eigenvalue weighted by molar-refractivity contribution is 5.86. The van der Waals surface area contributed by atoms with Gasteiger partial charge in [-0.05, 0) is 0 Å². The summed E-state index contributed by atoms with van der Waals surface area (Å²) >= 11 is 0. The normalized spacial score (nSPS) is 10.8. The zero-order valence-electron chi connectivity index (χ0n) is 6.94. The molecule has 0 saturated heterocycles. The standard InChI is InChI=1S/C8H8N2O3/c1-10-6-3-4(11)2-5(9)7(6)13-8(10)12/h2-3,11H,9H2,1H3. The summed E-state index contributed by atoms with van der Waals surface area (Å²) in [7, 11) is 1.55. The predicted octanol–water partition coefficient (Wildman–Crippen LogP) is 0.419. The van der Waals surface area contributed by atoms with E-state index in [-0.39, 0.29) is 11.4 Å². The quantitative estimate of drug-likeness (QED) is 0.575. The number of anilines is 1. The minimum atomic E-state index is -0.493. The highest BCUT2D eigenvalue weighted by Crippen LogP contribution is 2.24. The molecule has 0 amide bonds. The lowest BCUT2D eigenvalue weighted by Gasteiger charge is -1.96. The number of benzene rings is 1. The van der Waals surface area contributed by atoms with E-state index in [4.69, 9.17) is 10.2 Å². The van der Waals surface area contributed by atoms with Crippen molar-refractivity contribution in [3.05, 3.63) is 22.7 Å². The monoisotopic (exact) mass is 180 g/mol. The molecular weight excluding hydrogens is 172 g/mol. The smallest absolute Gasteiger partial charge is 0.419 e. The number of phenols is 1. The van der Waals surface area contributed by atoms with Crippen molar-refractivity contribution in [2.45, 2.75) is 0 Å². The van der Waals surface area contributed by atoms with Crippen LogP contribution in [-0.2, 0) is 7.05 Å². The molecule has 2 rings (SSSR count). The molecule has 0 unspecified atom stereocenters. The van der Waals surface area contributed by atoms with E-state index in [2.05, 4.69) is 0 Å². The van der Waals surface area contributed by atoms with Crippen LogP contribution in [0.4, 0.5) is 5.69 Å². The molecule has 5 nitrogen and oxygen atoms in total. The Hall–Kier alpha value is -1.91. The van der Waals surface area contributed by atoms with Crippen molar-refractivity contribution in [1.29, 1.82) is 0 Å². The van der Waals surface area contributed by atoms with Gasteiger partial charge in [-0.25, -0.2) is 4.79 Å².